The van der Waals surface area contributed by atoms with Gasteiger partial charge in [-0.1, -0.05) is 30.7 Å². The van der Waals surface area contributed by atoms with Gasteiger partial charge in [0.1, 0.15) is 11.4 Å². The van der Waals surface area contributed by atoms with Crippen LogP contribution in [0.3, 0.4) is 0 Å². The van der Waals surface area contributed by atoms with E-state index in [2.05, 4.69) is 0 Å². The second kappa shape index (κ2) is 7.89. The molecule has 1 aliphatic rings. The molecule has 0 bridgehead atoms. The number of benzene rings is 1. The first-order valence-corrected chi connectivity index (χ1v) is 9.81. The van der Waals surface area contributed by atoms with Crippen molar-refractivity contribution < 1.29 is 22.7 Å². The van der Waals surface area contributed by atoms with Crippen LogP contribution in [0.5, 0.6) is 0 Å². The van der Waals surface area contributed by atoms with Crippen LogP contribution in [-0.2, 0) is 11.2 Å². The SMILES string of the molecule is CCS[C@@H]1[C@H](Cc2cccc(Cl)c2F)N(C(=O)OC(C)(C)C)CC1(F)F. The number of amides is 1. The van der Waals surface area contributed by atoms with Crippen molar-refractivity contribution >= 4 is 29.5 Å². The van der Waals surface area contributed by atoms with Crippen molar-refractivity contribution in [2.75, 3.05) is 12.3 Å². The molecule has 0 unspecified atom stereocenters. The van der Waals surface area contributed by atoms with E-state index in [0.717, 1.165) is 16.7 Å². The summed E-state index contributed by atoms with van der Waals surface area (Å²) in [5.74, 6) is -3.28. The van der Waals surface area contributed by atoms with Crippen molar-refractivity contribution in [2.24, 2.45) is 0 Å². The fourth-order valence-corrected chi connectivity index (χ4v) is 4.30. The van der Waals surface area contributed by atoms with E-state index in [1.165, 1.54) is 12.1 Å². The van der Waals surface area contributed by atoms with Gasteiger partial charge in [0.25, 0.3) is 5.92 Å². The largest absolute Gasteiger partial charge is 0.444 e. The summed E-state index contributed by atoms with van der Waals surface area (Å²) >= 11 is 6.87. The molecule has 26 heavy (non-hydrogen) atoms. The van der Waals surface area contributed by atoms with Crippen LogP contribution in [-0.4, -0.2) is 46.1 Å². The summed E-state index contributed by atoms with van der Waals surface area (Å²) in [6.07, 6.45) is -0.873. The Balaban J connectivity index is 2.36. The van der Waals surface area contributed by atoms with Gasteiger partial charge in [0, 0.05) is 0 Å². The van der Waals surface area contributed by atoms with Crippen molar-refractivity contribution in [1.29, 1.82) is 0 Å². The number of halogens is 4. The second-order valence-electron chi connectivity index (χ2n) is 7.23. The van der Waals surface area contributed by atoms with Crippen LogP contribution in [0, 0.1) is 5.82 Å². The van der Waals surface area contributed by atoms with Gasteiger partial charge in [-0.05, 0) is 44.6 Å². The lowest BCUT2D eigenvalue weighted by Crippen LogP contribution is -2.43. The summed E-state index contributed by atoms with van der Waals surface area (Å²) in [4.78, 5) is 13.5. The molecule has 1 aromatic rings. The number of nitrogens with zero attached hydrogens (tertiary/aromatic N) is 1. The first-order valence-electron chi connectivity index (χ1n) is 8.38. The lowest BCUT2D eigenvalue weighted by molar-refractivity contribution is -0.000572. The van der Waals surface area contributed by atoms with E-state index < -0.39 is 41.3 Å². The molecule has 1 aliphatic heterocycles. The van der Waals surface area contributed by atoms with E-state index in [-0.39, 0.29) is 17.0 Å². The first kappa shape index (κ1) is 21.2. The van der Waals surface area contributed by atoms with Crippen molar-refractivity contribution in [3.05, 3.63) is 34.6 Å². The van der Waals surface area contributed by atoms with Crippen molar-refractivity contribution in [3.8, 4) is 0 Å². The molecule has 0 saturated carbocycles. The third kappa shape index (κ3) is 4.80. The number of carbonyl (C=O) groups is 1. The molecule has 0 N–H and O–H groups in total. The molecule has 2 rings (SSSR count). The molecule has 1 amide bonds. The molecule has 1 heterocycles. The van der Waals surface area contributed by atoms with Crippen LogP contribution in [0.25, 0.3) is 0 Å². The van der Waals surface area contributed by atoms with E-state index in [0.29, 0.717) is 5.75 Å². The summed E-state index contributed by atoms with van der Waals surface area (Å²) in [5, 5.41) is -1.21. The third-order valence-electron chi connectivity index (χ3n) is 3.98. The maximum Gasteiger partial charge on any atom is 0.410 e. The Morgan fingerprint density at radius 1 is 1.42 bits per heavy atom. The number of carbonyl (C=O) groups excluding carboxylic acids is 1. The minimum atomic E-state index is -3.09. The van der Waals surface area contributed by atoms with Gasteiger partial charge in [0.2, 0.25) is 0 Å². The topological polar surface area (TPSA) is 29.5 Å². The summed E-state index contributed by atoms with van der Waals surface area (Å²) in [6.45, 7) is 6.04. The highest BCUT2D eigenvalue weighted by Crippen LogP contribution is 2.42. The zero-order chi connectivity index (χ0) is 19.7. The van der Waals surface area contributed by atoms with Crippen molar-refractivity contribution in [3.63, 3.8) is 0 Å². The van der Waals surface area contributed by atoms with Gasteiger partial charge in [0.15, 0.2) is 0 Å². The van der Waals surface area contributed by atoms with Crippen LogP contribution >= 0.6 is 23.4 Å². The number of hydrogen-bond acceptors (Lipinski definition) is 3. The smallest absolute Gasteiger partial charge is 0.410 e. The van der Waals surface area contributed by atoms with Gasteiger partial charge < -0.3 is 4.74 Å². The van der Waals surface area contributed by atoms with Crippen molar-refractivity contribution in [2.45, 2.75) is 56.9 Å². The maximum absolute atomic E-state index is 14.6. The molecule has 0 aliphatic carbocycles. The van der Waals surface area contributed by atoms with Crippen LogP contribution in [0.15, 0.2) is 18.2 Å². The first-order chi connectivity index (χ1) is 12.0. The summed E-state index contributed by atoms with van der Waals surface area (Å²) in [6, 6.07) is 3.57. The lowest BCUT2D eigenvalue weighted by atomic mass is 10.0. The second-order valence-corrected chi connectivity index (χ2v) is 9.06. The fourth-order valence-electron chi connectivity index (χ4n) is 2.96. The van der Waals surface area contributed by atoms with E-state index >= 15 is 0 Å². The van der Waals surface area contributed by atoms with E-state index in [9.17, 15) is 18.0 Å². The minimum absolute atomic E-state index is 0.0567. The highest BCUT2D eigenvalue weighted by atomic mass is 35.5. The molecule has 1 aromatic carbocycles. The van der Waals surface area contributed by atoms with Gasteiger partial charge in [-0.2, -0.15) is 11.8 Å². The predicted molar refractivity (Wildman–Crippen MR) is 98.7 cm³/mol. The quantitative estimate of drug-likeness (QED) is 0.667. The third-order valence-corrected chi connectivity index (χ3v) is 5.63. The van der Waals surface area contributed by atoms with E-state index in [4.69, 9.17) is 16.3 Å². The van der Waals surface area contributed by atoms with Crippen LogP contribution in [0.1, 0.15) is 33.3 Å². The average Bonchev–Trinajstić information content (AvgIpc) is 2.75. The van der Waals surface area contributed by atoms with Crippen LogP contribution in [0.2, 0.25) is 5.02 Å². The monoisotopic (exact) mass is 409 g/mol. The zero-order valence-corrected chi connectivity index (χ0v) is 16.8. The number of hydrogen-bond donors (Lipinski definition) is 0. The van der Waals surface area contributed by atoms with Gasteiger partial charge in [0.05, 0.1) is 22.9 Å². The fraction of sp³-hybridized carbons (Fsp3) is 0.611. The molecule has 1 saturated heterocycles. The number of alkyl halides is 2. The Morgan fingerprint density at radius 3 is 2.65 bits per heavy atom. The number of ether oxygens (including phenoxy) is 1. The molecular weight excluding hydrogens is 387 g/mol. The maximum atomic E-state index is 14.6. The zero-order valence-electron chi connectivity index (χ0n) is 15.2. The van der Waals surface area contributed by atoms with Crippen LogP contribution < -0.4 is 0 Å². The lowest BCUT2D eigenvalue weighted by Gasteiger charge is -2.30. The normalized spacial score (nSPS) is 22.5. The van der Waals surface area contributed by atoms with Crippen LogP contribution in [0.4, 0.5) is 18.0 Å². The number of likely N-dealkylation sites (tertiary alicyclic amines) is 1. The minimum Gasteiger partial charge on any atom is -0.444 e. The highest BCUT2D eigenvalue weighted by molar-refractivity contribution is 8.00. The van der Waals surface area contributed by atoms with Gasteiger partial charge in [-0.15, -0.1) is 0 Å². The number of thioether (sulfide) groups is 1. The number of rotatable bonds is 4. The molecule has 0 aromatic heterocycles. The van der Waals surface area contributed by atoms with E-state index in [1.807, 2.05) is 0 Å². The van der Waals surface area contributed by atoms with E-state index in [1.54, 1.807) is 33.8 Å². The standard InChI is InChI=1S/C18H23ClF3NO2S/c1-5-26-15-13(9-11-7-6-8-12(19)14(11)20)23(10-18(15,21)22)16(24)25-17(2,3)4/h6-8,13,15H,5,9-10H2,1-4H3/t13-,15+/m0/s1. The summed E-state index contributed by atoms with van der Waals surface area (Å²) < 4.78 is 48.8. The highest BCUT2D eigenvalue weighted by Gasteiger charge is 2.56. The summed E-state index contributed by atoms with van der Waals surface area (Å²) in [5.41, 5.74) is -0.607. The average molecular weight is 410 g/mol. The molecule has 0 spiro atoms. The molecule has 1 fully saturated rings. The predicted octanol–water partition coefficient (Wildman–Crippen LogP) is 5.40. The van der Waals surface area contributed by atoms with Gasteiger partial charge in [-0.25, -0.2) is 18.0 Å². The van der Waals surface area contributed by atoms with Gasteiger partial charge in [-0.3, -0.25) is 4.90 Å². The molecule has 8 heteroatoms. The van der Waals surface area contributed by atoms with Crippen molar-refractivity contribution in [1.82, 2.24) is 4.90 Å². The Labute approximate surface area is 161 Å². The Kier molecular flexibility index (Phi) is 6.44. The molecule has 3 nitrogen and oxygen atoms in total. The van der Waals surface area contributed by atoms with Gasteiger partial charge >= 0.3 is 6.09 Å². The Bertz CT molecular complexity index is 666. The Hall–Kier alpha value is -1.08. The Morgan fingerprint density at radius 2 is 2.08 bits per heavy atom. The molecule has 2 atom stereocenters. The molecular formula is C18H23ClF3NO2S. The summed E-state index contributed by atoms with van der Waals surface area (Å²) in [7, 11) is 0. The molecule has 0 radical (unpaired) electrons. The molecule has 146 valence electrons.